The van der Waals surface area contributed by atoms with E-state index in [2.05, 4.69) is 23.8 Å². The van der Waals surface area contributed by atoms with E-state index in [9.17, 15) is 0 Å². The van der Waals surface area contributed by atoms with Crippen molar-refractivity contribution in [3.8, 4) is 0 Å². The topological polar surface area (TPSA) is 3.24 Å². The van der Waals surface area contributed by atoms with E-state index < -0.39 is 6.36 Å². The molecule has 94 valence electrons. The predicted molar refractivity (Wildman–Crippen MR) is 90.1 cm³/mol. The first-order valence-corrected chi connectivity index (χ1v) is 9.91. The van der Waals surface area contributed by atoms with Crippen molar-refractivity contribution in [3.05, 3.63) is 66.2 Å². The second-order valence-corrected chi connectivity index (χ2v) is 11.7. The molecule has 2 aromatic carbocycles. The molecule has 5 heteroatoms. The molecule has 0 aliphatic rings. The van der Waals surface area contributed by atoms with E-state index in [0.29, 0.717) is 6.54 Å². The fourth-order valence-corrected chi connectivity index (χ4v) is 3.64. The van der Waals surface area contributed by atoms with Gasteiger partial charge in [-0.15, -0.1) is 0 Å². The van der Waals surface area contributed by atoms with Crippen LogP contribution in [0.25, 0.3) is 0 Å². The van der Waals surface area contributed by atoms with Crippen LogP contribution in [0.5, 0.6) is 0 Å². The number of rotatable bonds is 4. The Morgan fingerprint density at radius 3 is 1.89 bits per heavy atom. The molecule has 0 N–H and O–H groups in total. The molecule has 0 aliphatic heterocycles. The quantitative estimate of drug-likeness (QED) is 0.680. The van der Waals surface area contributed by atoms with E-state index in [1.165, 1.54) is 5.56 Å². The maximum absolute atomic E-state index is 5.38. The van der Waals surface area contributed by atoms with Gasteiger partial charge in [-0.1, -0.05) is 60.2 Å². The van der Waals surface area contributed by atoms with Crippen LogP contribution < -0.4 is 4.31 Å². The number of thiol groups is 1. The highest BCUT2D eigenvalue weighted by Crippen LogP contribution is 2.23. The minimum absolute atomic E-state index is 0.691. The van der Waals surface area contributed by atoms with Crippen LogP contribution in [-0.4, -0.2) is 0 Å². The normalized spacial score (nSPS) is 11.2. The third-order valence-electron chi connectivity index (χ3n) is 2.49. The van der Waals surface area contributed by atoms with Crippen LogP contribution in [0.2, 0.25) is 0 Å². The summed E-state index contributed by atoms with van der Waals surface area (Å²) in [5.41, 5.74) is 2.21. The van der Waals surface area contributed by atoms with Crippen molar-refractivity contribution in [2.24, 2.45) is 0 Å². The molecule has 0 unspecified atom stereocenters. The standard InChI is InChI=1S/C13H13NS4/c15-18(16,17)14(13-9-5-2-6-10-13)11-12-7-3-1-4-8-12/h1-10H,11H2,(H,15,16,17). The summed E-state index contributed by atoms with van der Waals surface area (Å²) >= 11 is 15.2. The van der Waals surface area contributed by atoms with Gasteiger partial charge in [0.2, 0.25) is 0 Å². The minimum Gasteiger partial charge on any atom is -0.299 e. The maximum Gasteiger partial charge on any atom is 0.0558 e. The van der Waals surface area contributed by atoms with E-state index in [4.69, 9.17) is 22.4 Å². The Hall–Kier alpha value is -0.620. The van der Waals surface area contributed by atoms with Crippen molar-refractivity contribution >= 4 is 46.1 Å². The first-order valence-electron chi connectivity index (χ1n) is 5.41. The lowest BCUT2D eigenvalue weighted by Gasteiger charge is -2.26. The van der Waals surface area contributed by atoms with Gasteiger partial charge in [0, 0.05) is 12.1 Å². The predicted octanol–water partition coefficient (Wildman–Crippen LogP) is 3.53. The minimum atomic E-state index is -1.92. The van der Waals surface area contributed by atoms with Crippen LogP contribution in [0.4, 0.5) is 5.69 Å². The van der Waals surface area contributed by atoms with Gasteiger partial charge in [-0.25, -0.2) is 0 Å². The summed E-state index contributed by atoms with van der Waals surface area (Å²) in [6, 6.07) is 20.1. The summed E-state index contributed by atoms with van der Waals surface area (Å²) in [4.78, 5) is 0. The molecule has 2 rings (SSSR count). The molecule has 0 fully saturated rings. The van der Waals surface area contributed by atoms with E-state index in [-0.39, 0.29) is 0 Å². The molecule has 0 atom stereocenters. The fourth-order valence-electron chi connectivity index (χ4n) is 1.65. The Kier molecular flexibility index (Phi) is 4.61. The van der Waals surface area contributed by atoms with Crippen LogP contribution in [-0.2, 0) is 35.3 Å². The van der Waals surface area contributed by atoms with Gasteiger partial charge in [-0.3, -0.25) is 4.31 Å². The monoisotopic (exact) mass is 311 g/mol. The summed E-state index contributed by atoms with van der Waals surface area (Å²) in [5.74, 6) is 0. The highest BCUT2D eigenvalue weighted by molar-refractivity contribution is 8.93. The summed E-state index contributed by atoms with van der Waals surface area (Å²) < 4.78 is 2.01. The Bertz CT molecular complexity index is 593. The number of hydrogen-bond donors (Lipinski definition) is 1. The molecule has 0 saturated carbocycles. The van der Waals surface area contributed by atoms with Gasteiger partial charge in [-0.2, -0.15) is 0 Å². The van der Waals surface area contributed by atoms with Gasteiger partial charge in [0.05, 0.1) is 6.54 Å². The van der Waals surface area contributed by atoms with Gasteiger partial charge < -0.3 is 0 Å². The second-order valence-electron chi connectivity index (χ2n) is 3.81. The molecule has 0 spiro atoms. The molecular weight excluding hydrogens is 298 g/mol. The molecule has 1 nitrogen and oxygen atoms in total. The fraction of sp³-hybridized carbons (Fsp3) is 0.0769. The molecule has 2 aromatic rings. The van der Waals surface area contributed by atoms with Gasteiger partial charge in [0.1, 0.15) is 0 Å². The smallest absolute Gasteiger partial charge is 0.0558 e. The summed E-state index contributed by atoms with van der Waals surface area (Å²) in [7, 11) is 0. The SMILES string of the molecule is S=S(=S)(S)N(Cc1ccccc1)c1ccccc1. The molecule has 0 saturated heterocycles. The highest BCUT2D eigenvalue weighted by atomic mass is 33.5. The van der Waals surface area contributed by atoms with Gasteiger partial charge >= 0.3 is 0 Å². The van der Waals surface area contributed by atoms with Crippen LogP contribution in [0.15, 0.2) is 60.7 Å². The lowest BCUT2D eigenvalue weighted by molar-refractivity contribution is 1.06. The summed E-state index contributed by atoms with van der Waals surface area (Å²) in [6.45, 7) is 0.691. The van der Waals surface area contributed by atoms with Crippen molar-refractivity contribution in [2.75, 3.05) is 4.31 Å². The average Bonchev–Trinajstić information content (AvgIpc) is 2.37. The Morgan fingerprint density at radius 2 is 1.39 bits per heavy atom. The number of benzene rings is 2. The molecule has 0 aliphatic carbocycles. The first-order chi connectivity index (χ1) is 8.57. The molecule has 18 heavy (non-hydrogen) atoms. The van der Waals surface area contributed by atoms with E-state index >= 15 is 0 Å². The van der Waals surface area contributed by atoms with Gasteiger partial charge in [0.15, 0.2) is 0 Å². The van der Waals surface area contributed by atoms with Gasteiger partial charge in [-0.05, 0) is 40.1 Å². The molecule has 0 amide bonds. The third-order valence-corrected chi connectivity index (χ3v) is 5.06. The van der Waals surface area contributed by atoms with E-state index in [1.807, 2.05) is 52.8 Å². The van der Waals surface area contributed by atoms with Crippen molar-refractivity contribution in [1.82, 2.24) is 0 Å². The summed E-state index contributed by atoms with van der Waals surface area (Å²) in [5, 5.41) is 0. The zero-order valence-electron chi connectivity index (χ0n) is 9.60. The van der Waals surface area contributed by atoms with Crippen LogP contribution in [0.1, 0.15) is 5.56 Å². The molecular formula is C13H13NS4. The van der Waals surface area contributed by atoms with Crippen molar-refractivity contribution in [3.63, 3.8) is 0 Å². The zero-order chi connectivity index (χ0) is 13.0. The summed E-state index contributed by atoms with van der Waals surface area (Å²) in [6.07, 6.45) is -1.92. The molecule has 0 radical (unpaired) electrons. The second kappa shape index (κ2) is 6.02. The van der Waals surface area contributed by atoms with Crippen molar-refractivity contribution < 1.29 is 0 Å². The van der Waals surface area contributed by atoms with Gasteiger partial charge in [0.25, 0.3) is 0 Å². The number of anilines is 1. The lowest BCUT2D eigenvalue weighted by Crippen LogP contribution is -2.24. The van der Waals surface area contributed by atoms with Crippen LogP contribution >= 0.6 is 11.7 Å². The third kappa shape index (κ3) is 3.68. The number of hydrogen-bond acceptors (Lipinski definition) is 2. The number of nitrogens with zero attached hydrogens (tertiary/aromatic N) is 1. The average molecular weight is 312 g/mol. The zero-order valence-corrected chi connectivity index (χ0v) is 12.9. The van der Waals surface area contributed by atoms with Crippen LogP contribution in [0, 0.1) is 0 Å². The molecule has 0 bridgehead atoms. The van der Waals surface area contributed by atoms with E-state index in [0.717, 1.165) is 5.69 Å². The number of para-hydroxylation sites is 1. The lowest BCUT2D eigenvalue weighted by atomic mass is 10.2. The van der Waals surface area contributed by atoms with Crippen LogP contribution in [0.3, 0.4) is 0 Å². The molecule has 0 heterocycles. The first kappa shape index (κ1) is 13.8. The van der Waals surface area contributed by atoms with E-state index in [1.54, 1.807) is 0 Å². The highest BCUT2D eigenvalue weighted by Gasteiger charge is 2.12. The Labute approximate surface area is 123 Å². The Morgan fingerprint density at radius 1 is 0.889 bits per heavy atom. The maximum atomic E-state index is 5.38. The Balaban J connectivity index is 2.34. The van der Waals surface area contributed by atoms with Crippen molar-refractivity contribution in [2.45, 2.75) is 6.54 Å². The largest absolute Gasteiger partial charge is 0.299 e. The van der Waals surface area contributed by atoms with Crippen molar-refractivity contribution in [1.29, 1.82) is 0 Å². The molecule has 0 aromatic heterocycles.